The minimum Gasteiger partial charge on any atom is -0.444 e. The van der Waals surface area contributed by atoms with E-state index < -0.39 is 11.7 Å². The van der Waals surface area contributed by atoms with Crippen molar-refractivity contribution in [3.8, 4) is 22.4 Å². The van der Waals surface area contributed by atoms with Gasteiger partial charge in [0.15, 0.2) is 10.8 Å². The number of thioether (sulfide) groups is 1. The fourth-order valence-electron chi connectivity index (χ4n) is 5.29. The molecule has 0 spiro atoms. The zero-order valence-corrected chi connectivity index (χ0v) is 26.6. The highest BCUT2D eigenvalue weighted by atomic mass is 32.2. The van der Waals surface area contributed by atoms with Crippen LogP contribution in [0.1, 0.15) is 39.2 Å². The first-order valence-corrected chi connectivity index (χ1v) is 16.2. The Morgan fingerprint density at radius 1 is 0.955 bits per heavy atom. The largest absolute Gasteiger partial charge is 0.444 e. The van der Waals surface area contributed by atoms with Crippen molar-refractivity contribution in [3.05, 3.63) is 72.4 Å². The number of carbonyl (C=O) groups excluding carboxylic acids is 2. The Bertz CT molecular complexity index is 1580. The van der Waals surface area contributed by atoms with Crippen LogP contribution in [0.15, 0.2) is 72.0 Å². The van der Waals surface area contributed by atoms with Crippen LogP contribution < -0.4 is 10.6 Å². The number of hydrogen-bond acceptors (Lipinski definition) is 8. The fraction of sp³-hybridized carbons (Fsp3) is 0.382. The maximum Gasteiger partial charge on any atom is 0.407 e. The van der Waals surface area contributed by atoms with Gasteiger partial charge in [0, 0.05) is 48.3 Å². The van der Waals surface area contributed by atoms with Gasteiger partial charge in [-0.1, -0.05) is 66.4 Å². The van der Waals surface area contributed by atoms with Gasteiger partial charge in [0.25, 0.3) is 0 Å². The van der Waals surface area contributed by atoms with Crippen LogP contribution in [0.25, 0.3) is 33.4 Å². The maximum atomic E-state index is 12.7. The molecule has 5 rings (SSSR count). The standard InChI is InChI=1S/C34H40N6O3S/c1-34(2,3)43-33(42)36-17-16-35-31(41)26-14-18-40(19-15-26)22-23-10-12-25(13-11-23)29-28(24-8-6-5-7-9-24)20-27-21-37-32(44-4)39-30(27)38-29/h5-13,20-21,26H,14-19,22H2,1-4H3,(H,35,41)(H,36,42). The second-order valence-corrected chi connectivity index (χ2v) is 12.8. The Morgan fingerprint density at radius 3 is 2.34 bits per heavy atom. The minimum atomic E-state index is -0.544. The third-order valence-electron chi connectivity index (χ3n) is 7.50. The molecule has 2 aromatic carbocycles. The normalized spacial score (nSPS) is 14.4. The van der Waals surface area contributed by atoms with E-state index in [1.54, 1.807) is 0 Å². The number of rotatable bonds is 9. The van der Waals surface area contributed by atoms with Gasteiger partial charge in [0.2, 0.25) is 5.91 Å². The molecular formula is C34H40N6O3S. The molecule has 44 heavy (non-hydrogen) atoms. The predicted octanol–water partition coefficient (Wildman–Crippen LogP) is 5.93. The molecule has 0 radical (unpaired) electrons. The van der Waals surface area contributed by atoms with E-state index >= 15 is 0 Å². The number of amides is 2. The molecule has 230 valence electrons. The molecular weight excluding hydrogens is 572 g/mol. The van der Waals surface area contributed by atoms with Gasteiger partial charge in [-0.05, 0) is 70.2 Å². The predicted molar refractivity (Wildman–Crippen MR) is 175 cm³/mol. The van der Waals surface area contributed by atoms with Gasteiger partial charge >= 0.3 is 6.09 Å². The maximum absolute atomic E-state index is 12.7. The Morgan fingerprint density at radius 2 is 1.66 bits per heavy atom. The number of fused-ring (bicyclic) bond motifs is 1. The van der Waals surface area contributed by atoms with E-state index in [1.165, 1.54) is 17.3 Å². The third-order valence-corrected chi connectivity index (χ3v) is 8.06. The molecule has 2 amide bonds. The number of alkyl carbamates (subject to hydrolysis) is 1. The van der Waals surface area contributed by atoms with E-state index in [9.17, 15) is 9.59 Å². The van der Waals surface area contributed by atoms with Crippen LogP contribution in [0.3, 0.4) is 0 Å². The molecule has 10 heteroatoms. The van der Waals surface area contributed by atoms with Gasteiger partial charge < -0.3 is 15.4 Å². The summed E-state index contributed by atoms with van der Waals surface area (Å²) < 4.78 is 5.22. The van der Waals surface area contributed by atoms with Crippen LogP contribution >= 0.6 is 11.8 Å². The SMILES string of the molecule is CSc1ncc2cc(-c3ccccc3)c(-c3ccc(CN4CCC(C(=O)NCCNC(=O)OC(C)(C)C)CC4)cc3)nc2n1. The molecule has 3 heterocycles. The number of carbonyl (C=O) groups is 2. The molecule has 2 N–H and O–H groups in total. The molecule has 1 aliphatic rings. The molecule has 0 bridgehead atoms. The molecule has 9 nitrogen and oxygen atoms in total. The first-order valence-electron chi connectivity index (χ1n) is 15.0. The van der Waals surface area contributed by atoms with Crippen molar-refractivity contribution < 1.29 is 14.3 Å². The number of nitrogens with one attached hydrogen (secondary N) is 2. The Kier molecular flexibility index (Phi) is 10.1. The lowest BCUT2D eigenvalue weighted by Gasteiger charge is -2.31. The summed E-state index contributed by atoms with van der Waals surface area (Å²) in [5.41, 5.74) is 5.45. The summed E-state index contributed by atoms with van der Waals surface area (Å²) in [6.45, 7) is 8.72. The number of nitrogens with zero attached hydrogens (tertiary/aromatic N) is 4. The zero-order chi connectivity index (χ0) is 31.1. The molecule has 1 saturated heterocycles. The van der Waals surface area contributed by atoms with E-state index in [2.05, 4.69) is 68.0 Å². The average Bonchev–Trinajstić information content (AvgIpc) is 3.02. The van der Waals surface area contributed by atoms with Crippen LogP contribution in [0.5, 0.6) is 0 Å². The summed E-state index contributed by atoms with van der Waals surface area (Å²) in [5.74, 6) is 0.0352. The van der Waals surface area contributed by atoms with Crippen molar-refractivity contribution in [2.45, 2.75) is 50.9 Å². The lowest BCUT2D eigenvalue weighted by Crippen LogP contribution is -2.42. The van der Waals surface area contributed by atoms with E-state index in [0.717, 1.165) is 60.2 Å². The molecule has 1 aliphatic heterocycles. The van der Waals surface area contributed by atoms with Crippen LogP contribution in [0, 0.1) is 5.92 Å². The number of pyridine rings is 1. The van der Waals surface area contributed by atoms with E-state index in [0.29, 0.717) is 23.9 Å². The number of benzene rings is 2. The highest BCUT2D eigenvalue weighted by molar-refractivity contribution is 7.98. The van der Waals surface area contributed by atoms with Crippen molar-refractivity contribution in [1.82, 2.24) is 30.5 Å². The monoisotopic (exact) mass is 612 g/mol. The second-order valence-electron chi connectivity index (χ2n) is 12.0. The van der Waals surface area contributed by atoms with Gasteiger partial charge in [-0.2, -0.15) is 0 Å². The molecule has 2 aromatic heterocycles. The Labute approximate surface area is 263 Å². The number of ether oxygens (including phenoxy) is 1. The van der Waals surface area contributed by atoms with Crippen molar-refractivity contribution in [3.63, 3.8) is 0 Å². The van der Waals surface area contributed by atoms with E-state index in [1.807, 2.05) is 51.4 Å². The number of piperidine rings is 1. The van der Waals surface area contributed by atoms with Crippen LogP contribution in [-0.2, 0) is 16.1 Å². The summed E-state index contributed by atoms with van der Waals surface area (Å²) in [7, 11) is 0. The minimum absolute atomic E-state index is 0.0130. The number of likely N-dealkylation sites (tertiary alicyclic amines) is 1. The Hall–Kier alpha value is -4.02. The third kappa shape index (κ3) is 8.33. The summed E-state index contributed by atoms with van der Waals surface area (Å²) in [6, 6.07) is 21.0. The molecule has 0 aliphatic carbocycles. The van der Waals surface area contributed by atoms with Gasteiger partial charge in [-0.25, -0.2) is 19.7 Å². The second kappa shape index (κ2) is 14.2. The first kappa shape index (κ1) is 31.4. The van der Waals surface area contributed by atoms with E-state index in [4.69, 9.17) is 9.72 Å². The van der Waals surface area contributed by atoms with Gasteiger partial charge in [0.05, 0.1) is 5.69 Å². The van der Waals surface area contributed by atoms with Crippen LogP contribution in [0.4, 0.5) is 4.79 Å². The fourth-order valence-corrected chi connectivity index (χ4v) is 5.63. The average molecular weight is 613 g/mol. The summed E-state index contributed by atoms with van der Waals surface area (Å²) in [4.78, 5) is 40.9. The molecule has 0 saturated carbocycles. The van der Waals surface area contributed by atoms with E-state index in [-0.39, 0.29) is 11.8 Å². The highest BCUT2D eigenvalue weighted by Crippen LogP contribution is 2.33. The lowest BCUT2D eigenvalue weighted by molar-refractivity contribution is -0.126. The van der Waals surface area contributed by atoms with Gasteiger partial charge in [-0.15, -0.1) is 0 Å². The molecule has 0 unspecified atom stereocenters. The topological polar surface area (TPSA) is 109 Å². The summed E-state index contributed by atoms with van der Waals surface area (Å²) >= 11 is 1.51. The van der Waals surface area contributed by atoms with Gasteiger partial charge in [-0.3, -0.25) is 9.69 Å². The first-order chi connectivity index (χ1) is 21.2. The quantitative estimate of drug-likeness (QED) is 0.136. The smallest absolute Gasteiger partial charge is 0.407 e. The summed E-state index contributed by atoms with van der Waals surface area (Å²) in [5, 5.41) is 7.24. The zero-order valence-electron chi connectivity index (χ0n) is 25.8. The van der Waals surface area contributed by atoms with Crippen LogP contribution in [0.2, 0.25) is 0 Å². The van der Waals surface area contributed by atoms with Crippen molar-refractivity contribution in [2.75, 3.05) is 32.4 Å². The van der Waals surface area contributed by atoms with Gasteiger partial charge in [0.1, 0.15) is 5.60 Å². The van der Waals surface area contributed by atoms with Crippen molar-refractivity contribution in [2.24, 2.45) is 5.92 Å². The number of hydrogen-bond donors (Lipinski definition) is 2. The lowest BCUT2D eigenvalue weighted by atomic mass is 9.95. The number of aromatic nitrogens is 3. The van der Waals surface area contributed by atoms with Crippen molar-refractivity contribution >= 4 is 34.8 Å². The Balaban J connectivity index is 1.17. The molecule has 1 fully saturated rings. The van der Waals surface area contributed by atoms with Crippen LogP contribution in [-0.4, -0.2) is 69.9 Å². The highest BCUT2D eigenvalue weighted by Gasteiger charge is 2.25. The molecule has 4 aromatic rings. The summed E-state index contributed by atoms with van der Waals surface area (Å²) in [6.07, 6.45) is 4.95. The van der Waals surface area contributed by atoms with Crippen molar-refractivity contribution in [1.29, 1.82) is 0 Å². The molecule has 0 atom stereocenters.